The molecule has 0 N–H and O–H groups in total. The number of benzene rings is 6. The summed E-state index contributed by atoms with van der Waals surface area (Å²) in [5.41, 5.74) is 11.0. The van der Waals surface area contributed by atoms with E-state index in [1.807, 2.05) is 48.5 Å². The third kappa shape index (κ3) is 3.76. The average Bonchev–Trinajstić information content (AvgIpc) is 3.82. The second kappa shape index (κ2) is 10.8. The van der Waals surface area contributed by atoms with E-state index in [9.17, 15) is 0 Å². The number of hydrogen-bond acceptors (Lipinski definition) is 5. The molecule has 7 heteroatoms. The Hall–Kier alpha value is -7.51. The van der Waals surface area contributed by atoms with Crippen molar-refractivity contribution in [1.29, 1.82) is 0 Å². The lowest BCUT2D eigenvalue weighted by molar-refractivity contribution is 0.795. The zero-order chi connectivity index (χ0) is 36.4. The number of aromatic nitrogens is 5. The van der Waals surface area contributed by atoms with Crippen LogP contribution < -0.4 is 11.1 Å². The number of rotatable bonds is 2. The highest BCUT2D eigenvalue weighted by Gasteiger charge is 2.51. The molecule has 0 radical (unpaired) electrons. The summed E-state index contributed by atoms with van der Waals surface area (Å²) < 4.78 is 3.31. The number of para-hydroxylation sites is 1. The van der Waals surface area contributed by atoms with Gasteiger partial charge < -0.3 is 4.57 Å². The zero-order valence-corrected chi connectivity index (χ0v) is 29.1. The maximum Gasteiger partial charge on any atom is 0.267 e. The van der Waals surface area contributed by atoms with Crippen LogP contribution in [0.3, 0.4) is 0 Å². The number of fused-ring (bicyclic) bond motifs is 16. The summed E-state index contributed by atoms with van der Waals surface area (Å²) in [7, 11) is 0. The molecular weight excluding hydrogens is 679 g/mol. The molecular formula is C48H27N5O2. The predicted molar refractivity (Wildman–Crippen MR) is 217 cm³/mol. The van der Waals surface area contributed by atoms with Crippen molar-refractivity contribution in [3.63, 3.8) is 0 Å². The Balaban J connectivity index is 1.31. The van der Waals surface area contributed by atoms with E-state index in [1.54, 1.807) is 6.20 Å². The SMILES string of the molecule is O=c1c2cc3c(cc2c2cc4c5ncccc5n(-c5ccccc5)c4cc2c(=O)n1-c1cnccn1)C1(c2ccccc2-c2ccccc21)c1ccccc1-3. The van der Waals surface area contributed by atoms with Gasteiger partial charge in [-0.25, -0.2) is 9.55 Å². The second-order valence-electron chi connectivity index (χ2n) is 14.3. The Labute approximate surface area is 313 Å². The maximum absolute atomic E-state index is 15.1. The van der Waals surface area contributed by atoms with Gasteiger partial charge in [-0.3, -0.25) is 19.6 Å². The molecule has 0 saturated carbocycles. The molecule has 4 aromatic heterocycles. The smallest absolute Gasteiger partial charge is 0.267 e. The standard InChI is InChI=1S/C48H27N5O2/c54-46-35-24-34-31-15-6-9-18-40(31)48(38-16-7-4-13-29(38)30-14-5-8-17-39(30)48)41(34)25-33(35)32-23-37-43(26-36(32)47(55)53(46)44-27-49-21-22-50-44)52(28-11-2-1-3-12-28)42-19-10-20-51-45(37)42/h1-27H. The molecule has 6 aromatic carbocycles. The Morgan fingerprint density at radius 2 is 1.05 bits per heavy atom. The third-order valence-electron chi connectivity index (χ3n) is 11.7. The lowest BCUT2D eigenvalue weighted by Crippen LogP contribution is -2.29. The number of pyridine rings is 1. The van der Waals surface area contributed by atoms with Gasteiger partial charge in [-0.2, -0.15) is 0 Å². The highest BCUT2D eigenvalue weighted by Crippen LogP contribution is 2.63. The van der Waals surface area contributed by atoms with Crippen LogP contribution in [0.15, 0.2) is 174 Å². The van der Waals surface area contributed by atoms with Crippen molar-refractivity contribution >= 4 is 43.5 Å². The van der Waals surface area contributed by atoms with E-state index in [1.165, 1.54) is 51.0 Å². The molecule has 256 valence electrons. The minimum absolute atomic E-state index is 0.165. The summed E-state index contributed by atoms with van der Waals surface area (Å²) in [5, 5.41) is 3.04. The van der Waals surface area contributed by atoms with E-state index in [2.05, 4.69) is 106 Å². The molecule has 10 aromatic rings. The maximum atomic E-state index is 15.1. The minimum Gasteiger partial charge on any atom is -0.308 e. The van der Waals surface area contributed by atoms with Crippen molar-refractivity contribution in [3.8, 4) is 33.8 Å². The first-order chi connectivity index (χ1) is 27.1. The van der Waals surface area contributed by atoms with Gasteiger partial charge in [0.15, 0.2) is 5.82 Å². The molecule has 4 heterocycles. The van der Waals surface area contributed by atoms with Crippen LogP contribution in [0, 0.1) is 0 Å². The van der Waals surface area contributed by atoms with Gasteiger partial charge in [0, 0.05) is 35.1 Å². The predicted octanol–water partition coefficient (Wildman–Crippen LogP) is 9.13. The number of hydrogen-bond donors (Lipinski definition) is 0. The molecule has 0 unspecified atom stereocenters. The Kier molecular flexibility index (Phi) is 5.88. The van der Waals surface area contributed by atoms with Crippen LogP contribution in [0.25, 0.3) is 77.2 Å². The van der Waals surface area contributed by atoms with Gasteiger partial charge in [-0.05, 0) is 104 Å². The average molecular weight is 706 g/mol. The van der Waals surface area contributed by atoms with E-state index in [0.29, 0.717) is 21.5 Å². The molecule has 0 amide bonds. The Morgan fingerprint density at radius 1 is 0.436 bits per heavy atom. The van der Waals surface area contributed by atoms with Gasteiger partial charge in [0.2, 0.25) is 0 Å². The number of nitrogens with zero attached hydrogens (tertiary/aromatic N) is 5. The van der Waals surface area contributed by atoms with Crippen molar-refractivity contribution in [2.45, 2.75) is 5.41 Å². The molecule has 0 bridgehead atoms. The lowest BCUT2D eigenvalue weighted by atomic mass is 9.70. The lowest BCUT2D eigenvalue weighted by Gasteiger charge is -2.30. The van der Waals surface area contributed by atoms with Crippen LogP contribution in [-0.4, -0.2) is 24.1 Å². The van der Waals surface area contributed by atoms with E-state index in [-0.39, 0.29) is 5.82 Å². The van der Waals surface area contributed by atoms with Crippen molar-refractivity contribution in [3.05, 3.63) is 207 Å². The van der Waals surface area contributed by atoms with Crippen LogP contribution in [0.1, 0.15) is 22.3 Å². The molecule has 7 nitrogen and oxygen atoms in total. The zero-order valence-electron chi connectivity index (χ0n) is 29.1. The van der Waals surface area contributed by atoms with Gasteiger partial charge >= 0.3 is 0 Å². The molecule has 0 fully saturated rings. The molecule has 12 rings (SSSR count). The Morgan fingerprint density at radius 3 is 1.73 bits per heavy atom. The van der Waals surface area contributed by atoms with Gasteiger partial charge in [0.25, 0.3) is 11.1 Å². The van der Waals surface area contributed by atoms with Crippen LogP contribution in [0.2, 0.25) is 0 Å². The third-order valence-corrected chi connectivity index (χ3v) is 11.7. The highest BCUT2D eigenvalue weighted by molar-refractivity contribution is 6.17. The van der Waals surface area contributed by atoms with Gasteiger partial charge in [0.05, 0.1) is 33.5 Å². The highest BCUT2D eigenvalue weighted by atomic mass is 16.2. The normalized spacial score (nSPS) is 13.4. The van der Waals surface area contributed by atoms with Crippen LogP contribution in [0.5, 0.6) is 0 Å². The van der Waals surface area contributed by atoms with E-state index in [4.69, 9.17) is 4.98 Å². The fourth-order valence-corrected chi connectivity index (χ4v) is 9.62. The molecule has 0 aliphatic heterocycles. The van der Waals surface area contributed by atoms with E-state index < -0.39 is 16.5 Å². The van der Waals surface area contributed by atoms with Gasteiger partial charge in [-0.1, -0.05) is 91.0 Å². The fourth-order valence-electron chi connectivity index (χ4n) is 9.62. The van der Waals surface area contributed by atoms with Crippen molar-refractivity contribution in [2.24, 2.45) is 0 Å². The van der Waals surface area contributed by atoms with Gasteiger partial charge in [0.1, 0.15) is 0 Å². The fraction of sp³-hybridized carbons (Fsp3) is 0.0208. The molecule has 55 heavy (non-hydrogen) atoms. The summed E-state index contributed by atoms with van der Waals surface area (Å²) in [5.74, 6) is 0.165. The van der Waals surface area contributed by atoms with Crippen LogP contribution in [0.4, 0.5) is 0 Å². The van der Waals surface area contributed by atoms with Crippen LogP contribution >= 0.6 is 0 Å². The summed E-state index contributed by atoms with van der Waals surface area (Å²) in [6, 6.07) is 48.0. The van der Waals surface area contributed by atoms with Crippen LogP contribution in [-0.2, 0) is 5.41 Å². The molecule has 1 spiro atoms. The van der Waals surface area contributed by atoms with Gasteiger partial charge in [-0.15, -0.1) is 0 Å². The Bertz CT molecular complexity index is 3380. The summed E-state index contributed by atoms with van der Waals surface area (Å²) in [6.07, 6.45) is 6.30. The van der Waals surface area contributed by atoms with Crippen molar-refractivity contribution in [1.82, 2.24) is 24.1 Å². The van der Waals surface area contributed by atoms with E-state index >= 15 is 9.59 Å². The monoisotopic (exact) mass is 705 g/mol. The first-order valence-corrected chi connectivity index (χ1v) is 18.3. The van der Waals surface area contributed by atoms with E-state index in [0.717, 1.165) is 44.3 Å². The minimum atomic E-state index is -0.632. The summed E-state index contributed by atoms with van der Waals surface area (Å²) >= 11 is 0. The first-order valence-electron chi connectivity index (χ1n) is 18.3. The summed E-state index contributed by atoms with van der Waals surface area (Å²) in [6.45, 7) is 0. The van der Waals surface area contributed by atoms with Crippen molar-refractivity contribution in [2.75, 3.05) is 0 Å². The first kappa shape index (κ1) is 30.0. The largest absolute Gasteiger partial charge is 0.308 e. The topological polar surface area (TPSA) is 82.7 Å². The second-order valence-corrected chi connectivity index (χ2v) is 14.3. The molecule has 0 saturated heterocycles. The summed E-state index contributed by atoms with van der Waals surface area (Å²) in [4.78, 5) is 43.8. The molecule has 0 atom stereocenters. The van der Waals surface area contributed by atoms with Crippen molar-refractivity contribution < 1.29 is 0 Å². The molecule has 2 aliphatic rings. The quantitative estimate of drug-likeness (QED) is 0.179. The molecule has 2 aliphatic carbocycles.